The first-order chi connectivity index (χ1) is 15.9. The number of nitrogens with one attached hydrogen (secondary N) is 1. The third-order valence-corrected chi connectivity index (χ3v) is 6.14. The highest BCUT2D eigenvalue weighted by molar-refractivity contribution is 5.94. The number of rotatable bonds is 6. The van der Waals surface area contributed by atoms with E-state index in [2.05, 4.69) is 10.2 Å². The zero-order chi connectivity index (χ0) is 23.4. The highest BCUT2D eigenvalue weighted by atomic mass is 19.1. The maximum Gasteiger partial charge on any atom is 0.251 e. The lowest BCUT2D eigenvalue weighted by molar-refractivity contribution is -0.135. The van der Waals surface area contributed by atoms with E-state index in [1.54, 1.807) is 4.90 Å². The standard InChI is InChI=1S/C24H28FN3O5/c25-17-6-4-5-16(13-17)24(32)26-15-20-23(31)22(30)19(33-20)14-21(29)28-11-9-27(10-12-28)18-7-2-1-3-8-18/h1-8,13,19-20,22-23,30-31H,9-12,14-15H2,(H,26,32)/t19-,20+,22+,23+/m0/s1. The van der Waals surface area contributed by atoms with Gasteiger partial charge in [-0.1, -0.05) is 24.3 Å². The summed E-state index contributed by atoms with van der Waals surface area (Å²) >= 11 is 0. The summed E-state index contributed by atoms with van der Waals surface area (Å²) in [5, 5.41) is 23.3. The average molecular weight is 458 g/mol. The van der Waals surface area contributed by atoms with Crippen molar-refractivity contribution in [3.63, 3.8) is 0 Å². The quantitative estimate of drug-likeness (QED) is 0.593. The molecule has 4 atom stereocenters. The van der Waals surface area contributed by atoms with Crippen LogP contribution in [0.2, 0.25) is 0 Å². The number of aliphatic hydroxyl groups is 2. The molecule has 2 heterocycles. The minimum absolute atomic E-state index is 0.0576. The zero-order valence-electron chi connectivity index (χ0n) is 18.1. The van der Waals surface area contributed by atoms with Crippen molar-refractivity contribution >= 4 is 17.5 Å². The Morgan fingerprint density at radius 1 is 0.970 bits per heavy atom. The highest BCUT2D eigenvalue weighted by Crippen LogP contribution is 2.25. The van der Waals surface area contributed by atoms with E-state index in [0.29, 0.717) is 26.2 Å². The number of aliphatic hydroxyl groups excluding tert-OH is 2. The normalized spacial score (nSPS) is 25.2. The van der Waals surface area contributed by atoms with E-state index in [1.807, 2.05) is 30.3 Å². The topological polar surface area (TPSA) is 102 Å². The van der Waals surface area contributed by atoms with E-state index in [-0.39, 0.29) is 24.4 Å². The monoisotopic (exact) mass is 457 g/mol. The molecule has 0 aliphatic carbocycles. The zero-order valence-corrected chi connectivity index (χ0v) is 18.1. The summed E-state index contributed by atoms with van der Waals surface area (Å²) in [7, 11) is 0. The largest absolute Gasteiger partial charge is 0.388 e. The molecule has 3 N–H and O–H groups in total. The molecule has 2 fully saturated rings. The van der Waals surface area contributed by atoms with Gasteiger partial charge in [0.05, 0.1) is 12.5 Å². The van der Waals surface area contributed by atoms with Crippen LogP contribution in [0.3, 0.4) is 0 Å². The highest BCUT2D eigenvalue weighted by Gasteiger charge is 2.44. The first-order valence-corrected chi connectivity index (χ1v) is 11.1. The summed E-state index contributed by atoms with van der Waals surface area (Å²) in [6.07, 6.45) is -4.28. The van der Waals surface area contributed by atoms with E-state index in [4.69, 9.17) is 4.74 Å². The van der Waals surface area contributed by atoms with Crippen LogP contribution in [0.1, 0.15) is 16.8 Å². The number of hydrogen-bond acceptors (Lipinski definition) is 6. The fourth-order valence-corrected chi connectivity index (χ4v) is 4.24. The summed E-state index contributed by atoms with van der Waals surface area (Å²) in [5.41, 5.74) is 1.26. The molecule has 4 rings (SSSR count). The minimum Gasteiger partial charge on any atom is -0.388 e. The second-order valence-electron chi connectivity index (χ2n) is 8.32. The van der Waals surface area contributed by atoms with Crippen LogP contribution < -0.4 is 10.2 Å². The Labute approximate surface area is 191 Å². The van der Waals surface area contributed by atoms with Gasteiger partial charge in [-0.2, -0.15) is 0 Å². The number of para-hydroxylation sites is 1. The van der Waals surface area contributed by atoms with E-state index in [1.165, 1.54) is 18.2 Å². The van der Waals surface area contributed by atoms with Crippen molar-refractivity contribution in [3.8, 4) is 0 Å². The smallest absolute Gasteiger partial charge is 0.251 e. The van der Waals surface area contributed by atoms with E-state index in [0.717, 1.165) is 11.8 Å². The van der Waals surface area contributed by atoms with Gasteiger partial charge in [0.25, 0.3) is 5.91 Å². The molecule has 2 aromatic rings. The average Bonchev–Trinajstić information content (AvgIpc) is 3.11. The number of halogens is 1. The van der Waals surface area contributed by atoms with Crippen LogP contribution in [-0.2, 0) is 9.53 Å². The summed E-state index contributed by atoms with van der Waals surface area (Å²) < 4.78 is 19.0. The second kappa shape index (κ2) is 10.3. The van der Waals surface area contributed by atoms with Gasteiger partial charge in [0.1, 0.15) is 24.1 Å². The van der Waals surface area contributed by atoms with Gasteiger partial charge in [0.2, 0.25) is 5.91 Å². The molecule has 0 spiro atoms. The molecule has 0 aromatic heterocycles. The predicted molar refractivity (Wildman–Crippen MR) is 119 cm³/mol. The van der Waals surface area contributed by atoms with Crippen molar-refractivity contribution in [1.29, 1.82) is 0 Å². The van der Waals surface area contributed by atoms with Crippen LogP contribution in [0.5, 0.6) is 0 Å². The number of nitrogens with zero attached hydrogens (tertiary/aromatic N) is 2. The van der Waals surface area contributed by atoms with Gasteiger partial charge < -0.3 is 30.1 Å². The number of benzene rings is 2. The maximum atomic E-state index is 13.3. The number of anilines is 1. The number of amides is 2. The molecule has 9 heteroatoms. The van der Waals surface area contributed by atoms with Crippen LogP contribution in [0.25, 0.3) is 0 Å². The molecule has 2 aromatic carbocycles. The molecule has 0 bridgehead atoms. The van der Waals surface area contributed by atoms with Gasteiger partial charge >= 0.3 is 0 Å². The molecule has 8 nitrogen and oxygen atoms in total. The van der Waals surface area contributed by atoms with Crippen LogP contribution in [0.4, 0.5) is 10.1 Å². The van der Waals surface area contributed by atoms with Crippen LogP contribution in [0, 0.1) is 5.82 Å². The van der Waals surface area contributed by atoms with E-state index >= 15 is 0 Å². The lowest BCUT2D eigenvalue weighted by Gasteiger charge is -2.36. The molecule has 176 valence electrons. The molecule has 2 saturated heterocycles. The molecule has 33 heavy (non-hydrogen) atoms. The van der Waals surface area contributed by atoms with Crippen LogP contribution in [0.15, 0.2) is 54.6 Å². The summed E-state index contributed by atoms with van der Waals surface area (Å²) in [6, 6.07) is 15.2. The maximum absolute atomic E-state index is 13.3. The number of ether oxygens (including phenoxy) is 1. The predicted octanol–water partition coefficient (Wildman–Crippen LogP) is 0.784. The minimum atomic E-state index is -1.24. The summed E-state index contributed by atoms with van der Waals surface area (Å²) in [4.78, 5) is 28.9. The van der Waals surface area contributed by atoms with Crippen molar-refractivity contribution in [2.75, 3.05) is 37.6 Å². The van der Waals surface area contributed by atoms with Crippen molar-refractivity contribution in [2.24, 2.45) is 0 Å². The first kappa shape index (κ1) is 23.2. The lowest BCUT2D eigenvalue weighted by atomic mass is 10.0. The van der Waals surface area contributed by atoms with Gasteiger partial charge in [-0.25, -0.2) is 4.39 Å². The van der Waals surface area contributed by atoms with Gasteiger partial charge in [-0.3, -0.25) is 9.59 Å². The Morgan fingerprint density at radius 3 is 2.36 bits per heavy atom. The Hall–Kier alpha value is -3.01. The van der Waals surface area contributed by atoms with Gasteiger partial charge in [-0.15, -0.1) is 0 Å². The molecule has 0 radical (unpaired) electrons. The second-order valence-corrected chi connectivity index (χ2v) is 8.32. The Balaban J connectivity index is 1.26. The lowest BCUT2D eigenvalue weighted by Crippen LogP contribution is -2.49. The number of piperazine rings is 1. The van der Waals surface area contributed by atoms with Crippen molar-refractivity contribution in [1.82, 2.24) is 10.2 Å². The van der Waals surface area contributed by atoms with Gasteiger partial charge in [0.15, 0.2) is 0 Å². The molecule has 0 unspecified atom stereocenters. The van der Waals surface area contributed by atoms with Gasteiger partial charge in [0, 0.05) is 44.0 Å². The SMILES string of the molecule is O=C(NC[C@H]1O[C@@H](CC(=O)N2CCN(c3ccccc3)CC2)[C@@H](O)[C@@H]1O)c1cccc(F)c1. The van der Waals surface area contributed by atoms with Crippen LogP contribution >= 0.6 is 0 Å². The van der Waals surface area contributed by atoms with Crippen LogP contribution in [-0.4, -0.2) is 84.1 Å². The molecule has 0 saturated carbocycles. The van der Waals surface area contributed by atoms with Crippen molar-refractivity contribution < 1.29 is 28.9 Å². The molecular weight excluding hydrogens is 429 g/mol. The summed E-state index contributed by atoms with van der Waals surface area (Å²) in [5.74, 6) is -1.20. The fraction of sp³-hybridized carbons (Fsp3) is 0.417. The third kappa shape index (κ3) is 5.50. The van der Waals surface area contributed by atoms with E-state index in [9.17, 15) is 24.2 Å². The molecule has 2 aliphatic rings. The first-order valence-electron chi connectivity index (χ1n) is 11.1. The summed E-state index contributed by atoms with van der Waals surface area (Å²) in [6.45, 7) is 2.47. The number of hydrogen-bond donors (Lipinski definition) is 3. The van der Waals surface area contributed by atoms with E-state index < -0.39 is 36.1 Å². The number of carbonyl (C=O) groups is 2. The number of carbonyl (C=O) groups excluding carboxylic acids is 2. The van der Waals surface area contributed by atoms with Gasteiger partial charge in [-0.05, 0) is 30.3 Å². The molecule has 2 aliphatic heterocycles. The fourth-order valence-electron chi connectivity index (χ4n) is 4.24. The Morgan fingerprint density at radius 2 is 1.67 bits per heavy atom. The Kier molecular flexibility index (Phi) is 7.22. The third-order valence-electron chi connectivity index (χ3n) is 6.14. The molecule has 2 amide bonds. The van der Waals surface area contributed by atoms with Crippen molar-refractivity contribution in [2.45, 2.75) is 30.8 Å². The van der Waals surface area contributed by atoms with Crippen molar-refractivity contribution in [3.05, 3.63) is 66.0 Å². The Bertz CT molecular complexity index is 968. The molecular formula is C24H28FN3O5.